The summed E-state index contributed by atoms with van der Waals surface area (Å²) in [5, 5.41) is 3.52. The van der Waals surface area contributed by atoms with Crippen molar-refractivity contribution in [3.05, 3.63) is 0 Å². The van der Waals surface area contributed by atoms with Gasteiger partial charge in [0, 0.05) is 19.1 Å². The minimum atomic E-state index is 0.314. The summed E-state index contributed by atoms with van der Waals surface area (Å²) >= 11 is 0. The molecule has 0 aromatic rings. The smallest absolute Gasteiger partial charge is 0.236 e. The molecule has 2 fully saturated rings. The Bertz CT molecular complexity index is 258. The number of hydrogen-bond acceptors (Lipinski definition) is 3. The third-order valence-corrected chi connectivity index (χ3v) is 4.12. The van der Waals surface area contributed by atoms with Gasteiger partial charge in [0.25, 0.3) is 0 Å². The molecule has 104 valence electrons. The summed E-state index contributed by atoms with van der Waals surface area (Å²) < 4.78 is 0. The van der Waals surface area contributed by atoms with Crippen LogP contribution in [-0.4, -0.2) is 61.5 Å². The fraction of sp³-hybridized carbons (Fsp3) is 0.929. The van der Waals surface area contributed by atoms with Gasteiger partial charge in [-0.2, -0.15) is 0 Å². The van der Waals surface area contributed by atoms with E-state index in [1.807, 2.05) is 4.90 Å². The number of carbonyl (C=O) groups excluding carboxylic acids is 1. The van der Waals surface area contributed by atoms with E-state index in [-0.39, 0.29) is 0 Å². The Hall–Kier alpha value is -0.610. The van der Waals surface area contributed by atoms with E-state index in [2.05, 4.69) is 17.3 Å². The highest BCUT2D eigenvalue weighted by atomic mass is 16.2. The lowest BCUT2D eigenvalue weighted by molar-refractivity contribution is -0.131. The van der Waals surface area contributed by atoms with Crippen molar-refractivity contribution in [2.24, 2.45) is 0 Å². The number of likely N-dealkylation sites (tertiary alicyclic amines) is 1. The molecular formula is C14H27N3O. The molecule has 2 aliphatic heterocycles. The van der Waals surface area contributed by atoms with Crippen LogP contribution >= 0.6 is 0 Å². The van der Waals surface area contributed by atoms with Crippen molar-refractivity contribution in [1.82, 2.24) is 15.1 Å². The predicted molar refractivity (Wildman–Crippen MR) is 73.6 cm³/mol. The molecule has 2 aliphatic rings. The Morgan fingerprint density at radius 1 is 1.33 bits per heavy atom. The molecule has 18 heavy (non-hydrogen) atoms. The molecule has 1 unspecified atom stereocenters. The molecule has 1 N–H and O–H groups in total. The average molecular weight is 253 g/mol. The quantitative estimate of drug-likeness (QED) is 0.769. The van der Waals surface area contributed by atoms with Crippen LogP contribution in [0.15, 0.2) is 0 Å². The van der Waals surface area contributed by atoms with Gasteiger partial charge in [-0.15, -0.1) is 0 Å². The van der Waals surface area contributed by atoms with E-state index >= 15 is 0 Å². The maximum Gasteiger partial charge on any atom is 0.236 e. The van der Waals surface area contributed by atoms with Crippen molar-refractivity contribution >= 4 is 5.91 Å². The van der Waals surface area contributed by atoms with Gasteiger partial charge in [-0.25, -0.2) is 0 Å². The fourth-order valence-electron chi connectivity index (χ4n) is 2.99. The largest absolute Gasteiger partial charge is 0.342 e. The minimum Gasteiger partial charge on any atom is -0.342 e. The fourth-order valence-corrected chi connectivity index (χ4v) is 2.99. The van der Waals surface area contributed by atoms with E-state index in [0.717, 1.165) is 25.7 Å². The molecule has 0 aromatic heterocycles. The van der Waals surface area contributed by atoms with Crippen molar-refractivity contribution < 1.29 is 4.79 Å². The molecule has 0 spiro atoms. The van der Waals surface area contributed by atoms with Crippen molar-refractivity contribution in [2.75, 3.05) is 39.8 Å². The highest BCUT2D eigenvalue weighted by molar-refractivity contribution is 5.78. The number of nitrogens with zero attached hydrogens (tertiary/aromatic N) is 2. The van der Waals surface area contributed by atoms with Crippen LogP contribution in [-0.2, 0) is 4.79 Å². The zero-order chi connectivity index (χ0) is 12.8. The highest BCUT2D eigenvalue weighted by Gasteiger charge is 2.19. The van der Waals surface area contributed by atoms with Crippen LogP contribution in [0.4, 0.5) is 0 Å². The zero-order valence-electron chi connectivity index (χ0n) is 11.7. The van der Waals surface area contributed by atoms with Gasteiger partial charge in [0.05, 0.1) is 6.54 Å². The van der Waals surface area contributed by atoms with E-state index in [1.54, 1.807) is 0 Å². The Balaban J connectivity index is 1.56. The van der Waals surface area contributed by atoms with Gasteiger partial charge < -0.3 is 10.2 Å². The maximum atomic E-state index is 11.9. The van der Waals surface area contributed by atoms with Gasteiger partial charge in [-0.3, -0.25) is 9.69 Å². The monoisotopic (exact) mass is 253 g/mol. The highest BCUT2D eigenvalue weighted by Crippen LogP contribution is 2.11. The molecule has 1 amide bonds. The number of carbonyl (C=O) groups is 1. The molecule has 1 atom stereocenters. The Labute approximate surface area is 111 Å². The normalized spacial score (nSPS) is 24.1. The van der Waals surface area contributed by atoms with Crippen molar-refractivity contribution in [3.8, 4) is 0 Å². The SMILES string of the molecule is CN(CCCC1CCCN1)CC(=O)N1CCCC1. The first-order valence-electron chi connectivity index (χ1n) is 7.45. The van der Waals surface area contributed by atoms with Gasteiger partial charge >= 0.3 is 0 Å². The van der Waals surface area contributed by atoms with Gasteiger partial charge in [0.2, 0.25) is 5.91 Å². The van der Waals surface area contributed by atoms with Crippen molar-refractivity contribution in [1.29, 1.82) is 0 Å². The van der Waals surface area contributed by atoms with Crippen LogP contribution in [0.5, 0.6) is 0 Å². The molecule has 2 heterocycles. The zero-order valence-corrected chi connectivity index (χ0v) is 11.7. The first kappa shape index (κ1) is 13.8. The molecular weight excluding hydrogens is 226 g/mol. The van der Waals surface area contributed by atoms with Crippen LogP contribution in [0, 0.1) is 0 Å². The second kappa shape index (κ2) is 7.10. The number of likely N-dealkylation sites (N-methyl/N-ethyl adjacent to an activating group) is 1. The molecule has 4 nitrogen and oxygen atoms in total. The van der Waals surface area contributed by atoms with Gasteiger partial charge in [0.15, 0.2) is 0 Å². The van der Waals surface area contributed by atoms with Crippen molar-refractivity contribution in [2.45, 2.75) is 44.6 Å². The Kier molecular flexibility index (Phi) is 5.45. The number of amides is 1. The summed E-state index contributed by atoms with van der Waals surface area (Å²) in [6.45, 7) is 4.77. The third-order valence-electron chi connectivity index (χ3n) is 4.12. The van der Waals surface area contributed by atoms with E-state index in [4.69, 9.17) is 0 Å². The molecule has 0 radical (unpaired) electrons. The molecule has 0 bridgehead atoms. The van der Waals surface area contributed by atoms with E-state index in [0.29, 0.717) is 12.5 Å². The van der Waals surface area contributed by atoms with Crippen LogP contribution in [0.2, 0.25) is 0 Å². The molecule has 0 aliphatic carbocycles. The van der Waals surface area contributed by atoms with E-state index in [1.165, 1.54) is 45.1 Å². The first-order valence-corrected chi connectivity index (χ1v) is 7.45. The van der Waals surface area contributed by atoms with Gasteiger partial charge in [-0.1, -0.05) is 0 Å². The Morgan fingerprint density at radius 2 is 2.11 bits per heavy atom. The lowest BCUT2D eigenvalue weighted by Gasteiger charge is -2.21. The summed E-state index contributed by atoms with van der Waals surface area (Å²) in [5.41, 5.74) is 0. The topological polar surface area (TPSA) is 35.6 Å². The average Bonchev–Trinajstić information content (AvgIpc) is 3.02. The van der Waals surface area contributed by atoms with Crippen LogP contribution < -0.4 is 5.32 Å². The van der Waals surface area contributed by atoms with Crippen LogP contribution in [0.1, 0.15) is 38.5 Å². The third kappa shape index (κ3) is 4.25. The summed E-state index contributed by atoms with van der Waals surface area (Å²) in [6.07, 6.45) is 7.47. The molecule has 2 rings (SSSR count). The number of rotatable bonds is 6. The maximum absolute atomic E-state index is 11.9. The van der Waals surface area contributed by atoms with Crippen LogP contribution in [0.25, 0.3) is 0 Å². The summed E-state index contributed by atoms with van der Waals surface area (Å²) in [7, 11) is 2.07. The summed E-state index contributed by atoms with van der Waals surface area (Å²) in [5.74, 6) is 0.314. The second-order valence-electron chi connectivity index (χ2n) is 5.76. The molecule has 4 heteroatoms. The molecule has 2 saturated heterocycles. The van der Waals surface area contributed by atoms with Crippen molar-refractivity contribution in [3.63, 3.8) is 0 Å². The standard InChI is InChI=1S/C14H27N3O/c1-16(9-5-7-13-6-4-8-15-13)12-14(18)17-10-2-3-11-17/h13,15H,2-12H2,1H3. The number of nitrogens with one attached hydrogen (secondary N) is 1. The van der Waals surface area contributed by atoms with E-state index in [9.17, 15) is 4.79 Å². The van der Waals surface area contributed by atoms with Gasteiger partial charge in [0.1, 0.15) is 0 Å². The first-order chi connectivity index (χ1) is 8.75. The van der Waals surface area contributed by atoms with Crippen LogP contribution in [0.3, 0.4) is 0 Å². The Morgan fingerprint density at radius 3 is 2.78 bits per heavy atom. The lowest BCUT2D eigenvalue weighted by atomic mass is 10.1. The lowest BCUT2D eigenvalue weighted by Crippen LogP contribution is -2.37. The number of hydrogen-bond donors (Lipinski definition) is 1. The summed E-state index contributed by atoms with van der Waals surface area (Å²) in [6, 6.07) is 0.729. The summed E-state index contributed by atoms with van der Waals surface area (Å²) in [4.78, 5) is 16.1. The second-order valence-corrected chi connectivity index (χ2v) is 5.76. The van der Waals surface area contributed by atoms with Gasteiger partial charge in [-0.05, 0) is 58.7 Å². The predicted octanol–water partition coefficient (Wildman–Crippen LogP) is 1.07. The van der Waals surface area contributed by atoms with E-state index < -0.39 is 0 Å². The molecule has 0 aromatic carbocycles. The minimum absolute atomic E-state index is 0.314. The molecule has 0 saturated carbocycles.